The summed E-state index contributed by atoms with van der Waals surface area (Å²) in [5.74, 6) is -0.764. The van der Waals surface area contributed by atoms with Crippen molar-refractivity contribution < 1.29 is 14.7 Å². The molecule has 0 aromatic carbocycles. The summed E-state index contributed by atoms with van der Waals surface area (Å²) in [5.41, 5.74) is 2.77. The zero-order valence-electron chi connectivity index (χ0n) is 14.1. The summed E-state index contributed by atoms with van der Waals surface area (Å²) in [6, 6.07) is 0. The van der Waals surface area contributed by atoms with E-state index >= 15 is 0 Å². The number of aliphatic carboxylic acids is 1. The lowest BCUT2D eigenvalue weighted by Gasteiger charge is -2.17. The fourth-order valence-electron chi connectivity index (χ4n) is 3.40. The van der Waals surface area contributed by atoms with Gasteiger partial charge in [-0.1, -0.05) is 6.92 Å². The summed E-state index contributed by atoms with van der Waals surface area (Å²) in [6.07, 6.45) is 2.35. The van der Waals surface area contributed by atoms with Crippen molar-refractivity contribution in [3.63, 3.8) is 0 Å². The molecule has 1 aliphatic heterocycles. The molecular formula is C16H21N5O3. The molecule has 0 radical (unpaired) electrons. The quantitative estimate of drug-likeness (QED) is 0.891. The monoisotopic (exact) mass is 331 g/mol. The number of aryl methyl sites for hydroxylation is 2. The van der Waals surface area contributed by atoms with Gasteiger partial charge in [-0.25, -0.2) is 9.50 Å². The molecule has 3 heterocycles. The predicted octanol–water partition coefficient (Wildman–Crippen LogP) is 0.853. The Morgan fingerprint density at radius 3 is 2.75 bits per heavy atom. The molecule has 0 bridgehead atoms. The molecule has 2 aromatic rings. The Morgan fingerprint density at radius 1 is 1.33 bits per heavy atom. The summed E-state index contributed by atoms with van der Waals surface area (Å²) in [4.78, 5) is 33.8. The summed E-state index contributed by atoms with van der Waals surface area (Å²) in [5, 5.41) is 13.3. The molecule has 1 saturated heterocycles. The van der Waals surface area contributed by atoms with Gasteiger partial charge in [0, 0.05) is 30.9 Å². The minimum absolute atomic E-state index is 0.0110. The third-order valence-corrected chi connectivity index (χ3v) is 4.86. The van der Waals surface area contributed by atoms with Crippen LogP contribution in [0.5, 0.6) is 0 Å². The molecule has 1 fully saturated rings. The van der Waals surface area contributed by atoms with Crippen molar-refractivity contribution in [3.05, 3.63) is 23.3 Å². The van der Waals surface area contributed by atoms with Crippen molar-refractivity contribution in [1.82, 2.24) is 24.5 Å². The second-order valence-electron chi connectivity index (χ2n) is 6.45. The van der Waals surface area contributed by atoms with Crippen LogP contribution < -0.4 is 0 Å². The highest BCUT2D eigenvalue weighted by Gasteiger charge is 2.36. The van der Waals surface area contributed by atoms with Gasteiger partial charge in [-0.3, -0.25) is 9.59 Å². The average molecular weight is 331 g/mol. The standard InChI is InChI=1S/C16H21N5O3/c1-9-6-20(7-13(9)15(23)24)14(22)5-4-12-10(2)19-16-17-8-18-21(16)11(12)3/h8-9,13H,4-7H2,1-3H3,(H,23,24)/t9-,13-/m1/s1. The highest BCUT2D eigenvalue weighted by molar-refractivity contribution is 5.79. The Hall–Kier alpha value is -2.51. The number of carbonyl (C=O) groups is 2. The van der Waals surface area contributed by atoms with Crippen LogP contribution >= 0.6 is 0 Å². The van der Waals surface area contributed by atoms with E-state index in [2.05, 4.69) is 15.1 Å². The van der Waals surface area contributed by atoms with Crippen molar-refractivity contribution in [2.24, 2.45) is 11.8 Å². The number of likely N-dealkylation sites (tertiary alicyclic amines) is 1. The van der Waals surface area contributed by atoms with Gasteiger partial charge < -0.3 is 10.0 Å². The molecule has 0 aliphatic carbocycles. The van der Waals surface area contributed by atoms with Crippen LogP contribution in [0, 0.1) is 25.7 Å². The minimum atomic E-state index is -0.828. The van der Waals surface area contributed by atoms with Gasteiger partial charge in [0.2, 0.25) is 5.91 Å². The van der Waals surface area contributed by atoms with Crippen molar-refractivity contribution in [2.75, 3.05) is 13.1 Å². The second-order valence-corrected chi connectivity index (χ2v) is 6.45. The van der Waals surface area contributed by atoms with Gasteiger partial charge in [0.05, 0.1) is 5.92 Å². The molecule has 2 atom stereocenters. The van der Waals surface area contributed by atoms with Crippen molar-refractivity contribution in [3.8, 4) is 0 Å². The summed E-state index contributed by atoms with van der Waals surface area (Å²) in [7, 11) is 0. The van der Waals surface area contributed by atoms with Gasteiger partial charge in [-0.05, 0) is 31.7 Å². The highest BCUT2D eigenvalue weighted by Crippen LogP contribution is 2.24. The van der Waals surface area contributed by atoms with Gasteiger partial charge in [0.25, 0.3) is 5.78 Å². The third kappa shape index (κ3) is 2.83. The molecule has 1 N–H and O–H groups in total. The zero-order valence-corrected chi connectivity index (χ0v) is 14.1. The van der Waals surface area contributed by atoms with E-state index < -0.39 is 11.9 Å². The van der Waals surface area contributed by atoms with Crippen LogP contribution in [0.4, 0.5) is 0 Å². The number of carboxylic acid groups (broad SMARTS) is 1. The number of amides is 1. The van der Waals surface area contributed by atoms with Crippen molar-refractivity contribution in [2.45, 2.75) is 33.6 Å². The molecule has 2 aromatic heterocycles. The maximum Gasteiger partial charge on any atom is 0.308 e. The van der Waals surface area contributed by atoms with Gasteiger partial charge in [-0.15, -0.1) is 0 Å². The van der Waals surface area contributed by atoms with E-state index in [1.807, 2.05) is 20.8 Å². The molecule has 24 heavy (non-hydrogen) atoms. The second kappa shape index (κ2) is 6.18. The number of carboxylic acids is 1. The molecular weight excluding hydrogens is 310 g/mol. The molecule has 0 unspecified atom stereocenters. The minimum Gasteiger partial charge on any atom is -0.481 e. The average Bonchev–Trinajstić information content (AvgIpc) is 3.13. The van der Waals surface area contributed by atoms with Crippen LogP contribution in [-0.4, -0.2) is 54.6 Å². The molecule has 128 valence electrons. The van der Waals surface area contributed by atoms with E-state index in [4.69, 9.17) is 0 Å². The van der Waals surface area contributed by atoms with Crippen LogP contribution in [0.15, 0.2) is 6.33 Å². The highest BCUT2D eigenvalue weighted by atomic mass is 16.4. The zero-order chi connectivity index (χ0) is 17.4. The van der Waals surface area contributed by atoms with Crippen LogP contribution in [0.2, 0.25) is 0 Å². The number of carbonyl (C=O) groups excluding carboxylic acids is 1. The predicted molar refractivity (Wildman–Crippen MR) is 85.4 cm³/mol. The number of fused-ring (bicyclic) bond motifs is 1. The lowest BCUT2D eigenvalue weighted by Crippen LogP contribution is -2.30. The first kappa shape index (κ1) is 16.4. The third-order valence-electron chi connectivity index (χ3n) is 4.86. The van der Waals surface area contributed by atoms with E-state index in [0.29, 0.717) is 31.7 Å². The summed E-state index contributed by atoms with van der Waals surface area (Å²) < 4.78 is 1.67. The van der Waals surface area contributed by atoms with Crippen LogP contribution in [0.25, 0.3) is 5.78 Å². The maximum atomic E-state index is 12.4. The van der Waals surface area contributed by atoms with Gasteiger partial charge in [-0.2, -0.15) is 10.1 Å². The first-order valence-electron chi connectivity index (χ1n) is 8.05. The number of aromatic nitrogens is 4. The Labute approximate surface area is 139 Å². The van der Waals surface area contributed by atoms with E-state index in [1.165, 1.54) is 6.33 Å². The fraction of sp³-hybridized carbons (Fsp3) is 0.562. The van der Waals surface area contributed by atoms with Crippen molar-refractivity contribution >= 4 is 17.7 Å². The van der Waals surface area contributed by atoms with Crippen LogP contribution in [-0.2, 0) is 16.0 Å². The molecule has 0 spiro atoms. The topological polar surface area (TPSA) is 101 Å². The lowest BCUT2D eigenvalue weighted by molar-refractivity contribution is -0.142. The fourth-order valence-corrected chi connectivity index (χ4v) is 3.40. The molecule has 3 rings (SSSR count). The van der Waals surface area contributed by atoms with Crippen LogP contribution in [0.3, 0.4) is 0 Å². The van der Waals surface area contributed by atoms with Gasteiger partial charge in [0.15, 0.2) is 0 Å². The maximum absolute atomic E-state index is 12.4. The number of rotatable bonds is 4. The van der Waals surface area contributed by atoms with E-state index in [-0.39, 0.29) is 11.8 Å². The molecule has 8 heteroatoms. The van der Waals surface area contributed by atoms with E-state index in [1.54, 1.807) is 9.42 Å². The van der Waals surface area contributed by atoms with Crippen molar-refractivity contribution in [1.29, 1.82) is 0 Å². The molecule has 1 amide bonds. The van der Waals surface area contributed by atoms with Gasteiger partial charge in [0.1, 0.15) is 6.33 Å². The first-order valence-corrected chi connectivity index (χ1v) is 8.05. The first-order chi connectivity index (χ1) is 11.4. The largest absolute Gasteiger partial charge is 0.481 e. The number of hydrogen-bond donors (Lipinski definition) is 1. The molecule has 8 nitrogen and oxygen atoms in total. The Bertz CT molecular complexity index is 800. The Kier molecular flexibility index (Phi) is 4.21. The Morgan fingerprint density at radius 2 is 2.08 bits per heavy atom. The SMILES string of the molecule is Cc1nc2ncnn2c(C)c1CCC(=O)N1C[C@@H](C)[C@H](C(=O)O)C1. The van der Waals surface area contributed by atoms with E-state index in [0.717, 1.165) is 17.0 Å². The lowest BCUT2D eigenvalue weighted by atomic mass is 9.99. The Balaban J connectivity index is 1.70. The van der Waals surface area contributed by atoms with Crippen LogP contribution in [0.1, 0.15) is 30.3 Å². The van der Waals surface area contributed by atoms with E-state index in [9.17, 15) is 14.7 Å². The molecule has 1 aliphatic rings. The number of hydrogen-bond acceptors (Lipinski definition) is 5. The normalized spacial score (nSPS) is 20.7. The number of nitrogens with zero attached hydrogens (tertiary/aromatic N) is 5. The smallest absolute Gasteiger partial charge is 0.308 e. The summed E-state index contributed by atoms with van der Waals surface area (Å²) >= 11 is 0. The molecule has 0 saturated carbocycles. The van der Waals surface area contributed by atoms with Gasteiger partial charge >= 0.3 is 5.97 Å². The summed E-state index contributed by atoms with van der Waals surface area (Å²) in [6.45, 7) is 6.53.